The van der Waals surface area contributed by atoms with Crippen molar-refractivity contribution in [3.63, 3.8) is 0 Å². The second-order valence-corrected chi connectivity index (χ2v) is 4.72. The molecule has 0 saturated carbocycles. The molecule has 0 bridgehead atoms. The fourth-order valence-corrected chi connectivity index (χ4v) is 2.53. The number of rotatable bonds is 3. The number of benzene rings is 1. The maximum absolute atomic E-state index is 11.2. The quantitative estimate of drug-likeness (QED) is 0.808. The number of carbonyl (C=O) groups is 1. The molecule has 2 rings (SSSR count). The summed E-state index contributed by atoms with van der Waals surface area (Å²) in [5.41, 5.74) is 8.88. The van der Waals surface area contributed by atoms with Gasteiger partial charge in [0, 0.05) is 6.04 Å². The zero-order valence-electron chi connectivity index (χ0n) is 10.2. The van der Waals surface area contributed by atoms with E-state index in [-0.39, 0.29) is 12.0 Å². The van der Waals surface area contributed by atoms with E-state index >= 15 is 0 Å². The molecule has 0 aromatic heterocycles. The van der Waals surface area contributed by atoms with Crippen LogP contribution in [0.5, 0.6) is 0 Å². The zero-order valence-corrected chi connectivity index (χ0v) is 10.2. The van der Waals surface area contributed by atoms with Crippen molar-refractivity contribution in [3.05, 3.63) is 35.4 Å². The number of nitrogens with two attached hydrogens (primary N) is 1. The van der Waals surface area contributed by atoms with Crippen LogP contribution in [0.4, 0.5) is 0 Å². The summed E-state index contributed by atoms with van der Waals surface area (Å²) >= 11 is 0. The third-order valence-corrected chi connectivity index (χ3v) is 3.62. The number of carbonyl (C=O) groups excluding carboxylic acids is 1. The standard InChI is InChI=1S/C14H19NO2/c1-17-14(16)9-13(15)12-7-6-10-4-2-3-5-11(10)8-12/h2-5,12-13H,6-9,15H2,1H3. The molecule has 2 N–H and O–H groups in total. The van der Waals surface area contributed by atoms with Crippen molar-refractivity contribution >= 4 is 5.97 Å². The minimum Gasteiger partial charge on any atom is -0.469 e. The van der Waals surface area contributed by atoms with Crippen LogP contribution >= 0.6 is 0 Å². The van der Waals surface area contributed by atoms with Crippen molar-refractivity contribution in [3.8, 4) is 0 Å². The van der Waals surface area contributed by atoms with Gasteiger partial charge in [-0.05, 0) is 36.3 Å². The minimum atomic E-state index is -0.212. The number of hydrogen-bond acceptors (Lipinski definition) is 3. The highest BCUT2D eigenvalue weighted by molar-refractivity contribution is 5.69. The minimum absolute atomic E-state index is 0.0872. The second kappa shape index (κ2) is 5.32. The van der Waals surface area contributed by atoms with Crippen molar-refractivity contribution in [2.75, 3.05) is 7.11 Å². The Morgan fingerprint density at radius 1 is 1.47 bits per heavy atom. The SMILES string of the molecule is COC(=O)CC(N)C1CCc2ccccc2C1. The average Bonchev–Trinajstić information content (AvgIpc) is 2.38. The smallest absolute Gasteiger partial charge is 0.307 e. The molecule has 17 heavy (non-hydrogen) atoms. The molecule has 0 aliphatic heterocycles. The van der Waals surface area contributed by atoms with Crippen molar-refractivity contribution in [1.82, 2.24) is 0 Å². The van der Waals surface area contributed by atoms with E-state index in [0.717, 1.165) is 19.3 Å². The van der Waals surface area contributed by atoms with Gasteiger partial charge in [0.15, 0.2) is 0 Å². The van der Waals surface area contributed by atoms with Gasteiger partial charge in [-0.2, -0.15) is 0 Å². The van der Waals surface area contributed by atoms with Gasteiger partial charge in [0.05, 0.1) is 13.5 Å². The van der Waals surface area contributed by atoms with E-state index in [2.05, 4.69) is 29.0 Å². The third kappa shape index (κ3) is 2.86. The Labute approximate surface area is 102 Å². The summed E-state index contributed by atoms with van der Waals surface area (Å²) in [6.45, 7) is 0. The Kier molecular flexibility index (Phi) is 3.79. The van der Waals surface area contributed by atoms with E-state index in [9.17, 15) is 4.79 Å². The number of esters is 1. The fraction of sp³-hybridized carbons (Fsp3) is 0.500. The van der Waals surface area contributed by atoms with Crippen LogP contribution in [0, 0.1) is 5.92 Å². The van der Waals surface area contributed by atoms with Crippen LogP contribution in [0.3, 0.4) is 0 Å². The van der Waals surface area contributed by atoms with Gasteiger partial charge in [0.25, 0.3) is 0 Å². The van der Waals surface area contributed by atoms with Gasteiger partial charge >= 0.3 is 5.97 Å². The van der Waals surface area contributed by atoms with E-state index < -0.39 is 0 Å². The van der Waals surface area contributed by atoms with Crippen molar-refractivity contribution < 1.29 is 9.53 Å². The van der Waals surface area contributed by atoms with Gasteiger partial charge in [-0.3, -0.25) is 4.79 Å². The lowest BCUT2D eigenvalue weighted by atomic mass is 9.79. The second-order valence-electron chi connectivity index (χ2n) is 4.72. The molecule has 2 unspecified atom stereocenters. The maximum atomic E-state index is 11.2. The Morgan fingerprint density at radius 3 is 2.88 bits per heavy atom. The molecule has 0 spiro atoms. The molecule has 1 aromatic rings. The van der Waals surface area contributed by atoms with Crippen LogP contribution in [0.15, 0.2) is 24.3 Å². The molecule has 92 valence electrons. The molecule has 0 radical (unpaired) electrons. The average molecular weight is 233 g/mol. The highest BCUT2D eigenvalue weighted by Gasteiger charge is 2.25. The Morgan fingerprint density at radius 2 is 2.18 bits per heavy atom. The number of hydrogen-bond donors (Lipinski definition) is 1. The maximum Gasteiger partial charge on any atom is 0.307 e. The first-order valence-electron chi connectivity index (χ1n) is 6.10. The molecule has 2 atom stereocenters. The molecule has 1 aliphatic carbocycles. The van der Waals surface area contributed by atoms with Gasteiger partial charge in [0.1, 0.15) is 0 Å². The molecule has 1 aromatic carbocycles. The lowest BCUT2D eigenvalue weighted by Gasteiger charge is -2.28. The van der Waals surface area contributed by atoms with Gasteiger partial charge in [-0.25, -0.2) is 0 Å². The van der Waals surface area contributed by atoms with Crippen molar-refractivity contribution in [2.24, 2.45) is 11.7 Å². The Bertz CT molecular complexity index is 403. The summed E-state index contributed by atoms with van der Waals surface area (Å²) in [6.07, 6.45) is 3.43. The molecule has 3 nitrogen and oxygen atoms in total. The lowest BCUT2D eigenvalue weighted by molar-refractivity contribution is -0.141. The summed E-state index contributed by atoms with van der Waals surface area (Å²) in [5.74, 6) is 0.181. The number of aryl methyl sites for hydroxylation is 1. The predicted octanol–water partition coefficient (Wildman–Crippen LogP) is 1.68. The van der Waals surface area contributed by atoms with Gasteiger partial charge < -0.3 is 10.5 Å². The molecule has 0 amide bonds. The largest absolute Gasteiger partial charge is 0.469 e. The van der Waals surface area contributed by atoms with E-state index in [1.165, 1.54) is 18.2 Å². The topological polar surface area (TPSA) is 52.3 Å². The van der Waals surface area contributed by atoms with Crippen LogP contribution in [-0.2, 0) is 22.4 Å². The van der Waals surface area contributed by atoms with Crippen LogP contribution < -0.4 is 5.73 Å². The molecular weight excluding hydrogens is 214 g/mol. The molecule has 0 heterocycles. The van der Waals surface area contributed by atoms with Gasteiger partial charge in [0.2, 0.25) is 0 Å². The molecule has 0 fully saturated rings. The summed E-state index contributed by atoms with van der Waals surface area (Å²) < 4.78 is 4.66. The highest BCUT2D eigenvalue weighted by Crippen LogP contribution is 2.27. The molecule has 3 heteroatoms. The zero-order chi connectivity index (χ0) is 12.3. The van der Waals surface area contributed by atoms with Crippen molar-refractivity contribution in [2.45, 2.75) is 31.7 Å². The lowest BCUT2D eigenvalue weighted by Crippen LogP contribution is -2.36. The first-order valence-corrected chi connectivity index (χ1v) is 6.10. The summed E-state index contributed by atoms with van der Waals surface area (Å²) in [6, 6.07) is 8.39. The monoisotopic (exact) mass is 233 g/mol. The normalized spacial score (nSPS) is 20.5. The highest BCUT2D eigenvalue weighted by atomic mass is 16.5. The Balaban J connectivity index is 2.00. The van der Waals surface area contributed by atoms with Crippen molar-refractivity contribution in [1.29, 1.82) is 0 Å². The van der Waals surface area contributed by atoms with E-state index in [4.69, 9.17) is 5.73 Å². The molecule has 1 aliphatic rings. The van der Waals surface area contributed by atoms with E-state index in [1.807, 2.05) is 0 Å². The summed E-state index contributed by atoms with van der Waals surface area (Å²) in [7, 11) is 1.41. The van der Waals surface area contributed by atoms with E-state index in [0.29, 0.717) is 12.3 Å². The van der Waals surface area contributed by atoms with E-state index in [1.54, 1.807) is 0 Å². The van der Waals surface area contributed by atoms with Crippen LogP contribution in [0.2, 0.25) is 0 Å². The Hall–Kier alpha value is -1.35. The van der Waals surface area contributed by atoms with Gasteiger partial charge in [-0.1, -0.05) is 24.3 Å². The van der Waals surface area contributed by atoms with Crippen LogP contribution in [0.25, 0.3) is 0 Å². The number of methoxy groups -OCH3 is 1. The summed E-state index contributed by atoms with van der Waals surface area (Å²) in [5, 5.41) is 0. The number of ether oxygens (including phenoxy) is 1. The number of fused-ring (bicyclic) bond motifs is 1. The molecular formula is C14H19NO2. The first-order chi connectivity index (χ1) is 8.20. The molecule has 0 saturated heterocycles. The first kappa shape index (κ1) is 12.1. The fourth-order valence-electron chi connectivity index (χ4n) is 2.53. The third-order valence-electron chi connectivity index (χ3n) is 3.62. The van der Waals surface area contributed by atoms with Crippen LogP contribution in [0.1, 0.15) is 24.0 Å². The van der Waals surface area contributed by atoms with Gasteiger partial charge in [-0.15, -0.1) is 0 Å². The summed E-state index contributed by atoms with van der Waals surface area (Å²) in [4.78, 5) is 11.2. The van der Waals surface area contributed by atoms with Crippen LogP contribution in [-0.4, -0.2) is 19.1 Å². The predicted molar refractivity (Wildman–Crippen MR) is 66.6 cm³/mol.